The third-order valence-electron chi connectivity index (χ3n) is 4.34. The zero-order valence-electron chi connectivity index (χ0n) is 16.6. The van der Waals surface area contributed by atoms with Gasteiger partial charge in [-0.15, -0.1) is 11.3 Å². The summed E-state index contributed by atoms with van der Waals surface area (Å²) in [4.78, 5) is 16.9. The van der Waals surface area contributed by atoms with Crippen LogP contribution in [0.4, 0.5) is 13.2 Å². The Hall–Kier alpha value is -2.76. The monoisotopic (exact) mass is 488 g/mol. The maximum Gasteiger partial charge on any atom is 0.430 e. The summed E-state index contributed by atoms with van der Waals surface area (Å²) in [6.07, 6.45) is -0.920. The molecule has 0 spiro atoms. The van der Waals surface area contributed by atoms with E-state index in [9.17, 15) is 18.0 Å². The molecule has 1 amide bonds. The number of benzene rings is 1. The third-order valence-corrected chi connectivity index (χ3v) is 5.51. The standard InChI is InChI=1S/C20H20ClF3N4O3S/c21-17-9-28-19(32-17)12-5-11(6-15(7-12)31-14-3-4-30-10-14)18(29)27-8-13(25)1-2-16(26)20(22,23)24/h1-2,5-7,9,14H,3-4,8,10,25-26H2,(H,27,29)/b13-1-,16-2-/t14-/m0/s1. The molecule has 2 aromatic rings. The smallest absolute Gasteiger partial charge is 0.430 e. The number of hydrogen-bond donors (Lipinski definition) is 3. The molecule has 172 valence electrons. The molecule has 0 bridgehead atoms. The molecular weight excluding hydrogens is 469 g/mol. The van der Waals surface area contributed by atoms with Crippen molar-refractivity contribution < 1.29 is 27.4 Å². The van der Waals surface area contributed by atoms with Crippen LogP contribution in [0.25, 0.3) is 10.6 Å². The minimum Gasteiger partial charge on any atom is -0.488 e. The Morgan fingerprint density at radius 3 is 2.75 bits per heavy atom. The lowest BCUT2D eigenvalue weighted by molar-refractivity contribution is -0.0926. The van der Waals surface area contributed by atoms with Crippen LogP contribution >= 0.6 is 22.9 Å². The van der Waals surface area contributed by atoms with Gasteiger partial charge in [0, 0.05) is 23.2 Å². The molecule has 1 fully saturated rings. The molecule has 2 heterocycles. The molecule has 1 atom stereocenters. The molecule has 5 N–H and O–H groups in total. The topological polar surface area (TPSA) is 112 Å². The SMILES string of the molecule is N/C(=C\C=C(/N)C(F)(F)F)CNC(=O)c1cc(O[C@H]2CCOC2)cc(-c2ncc(Cl)s2)c1. The fourth-order valence-electron chi connectivity index (χ4n) is 2.74. The van der Waals surface area contributed by atoms with Crippen LogP contribution in [-0.2, 0) is 4.74 Å². The molecule has 1 saturated heterocycles. The normalized spacial score (nSPS) is 17.4. The number of nitrogens with two attached hydrogens (primary N) is 2. The number of aromatic nitrogens is 1. The summed E-state index contributed by atoms with van der Waals surface area (Å²) in [6, 6.07) is 4.93. The van der Waals surface area contributed by atoms with Gasteiger partial charge in [-0.2, -0.15) is 13.2 Å². The van der Waals surface area contributed by atoms with E-state index < -0.39 is 17.8 Å². The number of alkyl halides is 3. The lowest BCUT2D eigenvalue weighted by atomic mass is 10.1. The van der Waals surface area contributed by atoms with Gasteiger partial charge < -0.3 is 26.3 Å². The Morgan fingerprint density at radius 2 is 2.12 bits per heavy atom. The summed E-state index contributed by atoms with van der Waals surface area (Å²) >= 11 is 7.22. The van der Waals surface area contributed by atoms with Gasteiger partial charge in [0.2, 0.25) is 0 Å². The Balaban J connectivity index is 1.76. The van der Waals surface area contributed by atoms with E-state index >= 15 is 0 Å². The number of amides is 1. The third kappa shape index (κ3) is 6.62. The maximum absolute atomic E-state index is 12.7. The minimum atomic E-state index is -4.65. The number of halogens is 4. The number of ether oxygens (including phenoxy) is 2. The summed E-state index contributed by atoms with van der Waals surface area (Å²) in [7, 11) is 0. The molecule has 3 rings (SSSR count). The molecule has 1 aromatic carbocycles. The van der Waals surface area contributed by atoms with Gasteiger partial charge in [-0.3, -0.25) is 4.79 Å². The Morgan fingerprint density at radius 1 is 1.34 bits per heavy atom. The number of nitrogens with one attached hydrogen (secondary N) is 1. The van der Waals surface area contributed by atoms with E-state index in [4.69, 9.17) is 32.5 Å². The molecule has 12 heteroatoms. The number of allylic oxidation sites excluding steroid dienone is 3. The van der Waals surface area contributed by atoms with Crippen LogP contribution in [-0.4, -0.2) is 42.9 Å². The first-order valence-electron chi connectivity index (χ1n) is 9.40. The van der Waals surface area contributed by atoms with Crippen LogP contribution in [0.15, 0.2) is 47.9 Å². The highest BCUT2D eigenvalue weighted by Gasteiger charge is 2.30. The fourth-order valence-corrected chi connectivity index (χ4v) is 3.64. The number of carbonyl (C=O) groups is 1. The summed E-state index contributed by atoms with van der Waals surface area (Å²) in [6.45, 7) is 0.865. The van der Waals surface area contributed by atoms with Crippen LogP contribution in [0.3, 0.4) is 0 Å². The van der Waals surface area contributed by atoms with E-state index in [1.54, 1.807) is 18.2 Å². The van der Waals surface area contributed by atoms with Crippen LogP contribution in [0.5, 0.6) is 5.75 Å². The van der Waals surface area contributed by atoms with Crippen molar-refractivity contribution in [1.82, 2.24) is 10.3 Å². The summed E-state index contributed by atoms with van der Waals surface area (Å²) in [5.74, 6) is -0.0370. The molecule has 7 nitrogen and oxygen atoms in total. The van der Waals surface area contributed by atoms with Crippen molar-refractivity contribution in [2.24, 2.45) is 11.5 Å². The molecule has 0 saturated carbocycles. The zero-order chi connectivity index (χ0) is 23.3. The van der Waals surface area contributed by atoms with Crippen LogP contribution in [0.2, 0.25) is 4.34 Å². The molecule has 1 aliphatic heterocycles. The van der Waals surface area contributed by atoms with Gasteiger partial charge in [0.05, 0.1) is 26.0 Å². The van der Waals surface area contributed by atoms with Crippen molar-refractivity contribution in [2.45, 2.75) is 18.7 Å². The second-order valence-electron chi connectivity index (χ2n) is 6.86. The van der Waals surface area contributed by atoms with Gasteiger partial charge in [-0.1, -0.05) is 11.6 Å². The Bertz CT molecular complexity index is 1030. The molecule has 0 radical (unpaired) electrons. The summed E-state index contributed by atoms with van der Waals surface area (Å²) < 4.78 is 49.0. The number of carbonyl (C=O) groups excluding carboxylic acids is 1. The number of thiazole rings is 1. The van der Waals surface area contributed by atoms with Gasteiger partial charge in [-0.05, 0) is 30.4 Å². The van der Waals surface area contributed by atoms with Crippen molar-refractivity contribution in [1.29, 1.82) is 0 Å². The van der Waals surface area contributed by atoms with Crippen molar-refractivity contribution in [2.75, 3.05) is 19.8 Å². The molecular formula is C20H20ClF3N4O3S. The highest BCUT2D eigenvalue weighted by atomic mass is 35.5. The molecule has 0 aliphatic carbocycles. The number of hydrogen-bond acceptors (Lipinski definition) is 7. The van der Waals surface area contributed by atoms with E-state index in [-0.39, 0.29) is 23.9 Å². The Kier molecular flexibility index (Phi) is 7.64. The first kappa shape index (κ1) is 23.9. The molecule has 1 aliphatic rings. The summed E-state index contributed by atoms with van der Waals surface area (Å²) in [5, 5.41) is 3.16. The van der Waals surface area contributed by atoms with E-state index in [2.05, 4.69) is 10.3 Å². The van der Waals surface area contributed by atoms with Gasteiger partial charge >= 0.3 is 6.18 Å². The van der Waals surface area contributed by atoms with Crippen molar-refractivity contribution >= 4 is 28.8 Å². The molecule has 0 unspecified atom stereocenters. The lowest BCUT2D eigenvalue weighted by Crippen LogP contribution is -2.28. The highest BCUT2D eigenvalue weighted by Crippen LogP contribution is 2.32. The van der Waals surface area contributed by atoms with Crippen LogP contribution < -0.4 is 21.5 Å². The maximum atomic E-state index is 12.7. The molecule has 32 heavy (non-hydrogen) atoms. The van der Waals surface area contributed by atoms with E-state index in [0.717, 1.165) is 12.5 Å². The zero-order valence-corrected chi connectivity index (χ0v) is 18.2. The second-order valence-corrected chi connectivity index (χ2v) is 8.53. The van der Waals surface area contributed by atoms with Crippen LogP contribution in [0, 0.1) is 0 Å². The van der Waals surface area contributed by atoms with Gasteiger partial charge in [0.25, 0.3) is 5.91 Å². The van der Waals surface area contributed by atoms with Gasteiger partial charge in [-0.25, -0.2) is 4.98 Å². The average molecular weight is 489 g/mol. The minimum absolute atomic E-state index is 0.00649. The number of rotatable bonds is 7. The van der Waals surface area contributed by atoms with Crippen LogP contribution in [0.1, 0.15) is 16.8 Å². The Labute approximate surface area is 190 Å². The van der Waals surface area contributed by atoms with Gasteiger partial charge in [0.1, 0.15) is 26.9 Å². The average Bonchev–Trinajstić information content (AvgIpc) is 3.40. The van der Waals surface area contributed by atoms with Crippen molar-refractivity contribution in [3.8, 4) is 16.3 Å². The van der Waals surface area contributed by atoms with Crippen molar-refractivity contribution in [3.05, 3.63) is 57.8 Å². The van der Waals surface area contributed by atoms with E-state index in [0.29, 0.717) is 39.9 Å². The second kappa shape index (κ2) is 10.2. The predicted molar refractivity (Wildman–Crippen MR) is 115 cm³/mol. The van der Waals surface area contributed by atoms with Gasteiger partial charge in [0.15, 0.2) is 0 Å². The number of nitrogens with zero attached hydrogens (tertiary/aromatic N) is 1. The quantitative estimate of drug-likeness (QED) is 0.513. The largest absolute Gasteiger partial charge is 0.488 e. The highest BCUT2D eigenvalue weighted by molar-refractivity contribution is 7.18. The first-order valence-corrected chi connectivity index (χ1v) is 10.6. The molecule has 1 aromatic heterocycles. The summed E-state index contributed by atoms with van der Waals surface area (Å²) in [5.41, 5.74) is 10.2. The predicted octanol–water partition coefficient (Wildman–Crippen LogP) is 3.61. The van der Waals surface area contributed by atoms with Crippen molar-refractivity contribution in [3.63, 3.8) is 0 Å². The van der Waals surface area contributed by atoms with E-state index in [1.807, 2.05) is 0 Å². The fraction of sp³-hybridized carbons (Fsp3) is 0.300. The van der Waals surface area contributed by atoms with E-state index in [1.165, 1.54) is 17.5 Å². The first-order chi connectivity index (χ1) is 15.1. The lowest BCUT2D eigenvalue weighted by Gasteiger charge is -2.14.